The molecule has 1 saturated heterocycles. The Morgan fingerprint density at radius 2 is 2.32 bits per heavy atom. The van der Waals surface area contributed by atoms with Gasteiger partial charge in [0.25, 0.3) is 0 Å². The smallest absolute Gasteiger partial charge is 0.246 e. The zero-order valence-electron chi connectivity index (χ0n) is 12.6. The molecule has 0 spiro atoms. The molecule has 1 aliphatic heterocycles. The number of rotatable bonds is 5. The van der Waals surface area contributed by atoms with Crippen LogP contribution in [0.25, 0.3) is 10.9 Å². The summed E-state index contributed by atoms with van der Waals surface area (Å²) in [5.74, 6) is -0.193. The maximum atomic E-state index is 11.6. The van der Waals surface area contributed by atoms with Crippen molar-refractivity contribution < 1.29 is 14.6 Å². The van der Waals surface area contributed by atoms with Crippen LogP contribution in [0.3, 0.4) is 0 Å². The predicted octanol–water partition coefficient (Wildman–Crippen LogP) is 0.476. The van der Waals surface area contributed by atoms with Crippen molar-refractivity contribution in [1.82, 2.24) is 15.2 Å². The SMILES string of the molecule is COCC(=O)N[C@@H]1CN(Cc2ccc3cc[nH]c3c2)C[C@H]1O. The molecule has 1 aromatic heterocycles. The zero-order chi connectivity index (χ0) is 15.5. The number of aliphatic hydroxyl groups excluding tert-OH is 1. The number of carbonyl (C=O) groups excluding carboxylic acids is 1. The molecule has 0 aliphatic carbocycles. The summed E-state index contributed by atoms with van der Waals surface area (Å²) in [5, 5.41) is 14.1. The Labute approximate surface area is 129 Å². The van der Waals surface area contributed by atoms with Crippen LogP contribution in [0.2, 0.25) is 0 Å². The Bertz CT molecular complexity index is 655. The fourth-order valence-electron chi connectivity index (χ4n) is 2.97. The van der Waals surface area contributed by atoms with E-state index in [0.29, 0.717) is 13.1 Å². The minimum absolute atomic E-state index is 0.0205. The van der Waals surface area contributed by atoms with E-state index < -0.39 is 6.10 Å². The Hall–Kier alpha value is -1.89. The number of β-amino-alcohol motifs (C(OH)–C–C–N with tert-alkyl or cyclic N) is 1. The Balaban J connectivity index is 1.60. The van der Waals surface area contributed by atoms with Crippen molar-refractivity contribution in [3.8, 4) is 0 Å². The molecule has 22 heavy (non-hydrogen) atoms. The molecule has 0 radical (unpaired) electrons. The van der Waals surface area contributed by atoms with E-state index >= 15 is 0 Å². The molecular weight excluding hydrogens is 282 g/mol. The first kappa shape index (κ1) is 15.0. The normalized spacial score (nSPS) is 22.3. The Morgan fingerprint density at radius 3 is 3.14 bits per heavy atom. The molecule has 0 saturated carbocycles. The summed E-state index contributed by atoms with van der Waals surface area (Å²) in [4.78, 5) is 16.9. The third-order valence-corrected chi connectivity index (χ3v) is 4.01. The lowest BCUT2D eigenvalue weighted by Crippen LogP contribution is -2.44. The van der Waals surface area contributed by atoms with Crippen molar-refractivity contribution in [2.45, 2.75) is 18.7 Å². The van der Waals surface area contributed by atoms with E-state index in [0.717, 1.165) is 12.1 Å². The summed E-state index contributed by atoms with van der Waals surface area (Å²) in [5.41, 5.74) is 2.30. The number of aromatic nitrogens is 1. The number of ether oxygens (including phenoxy) is 1. The second kappa shape index (κ2) is 6.48. The highest BCUT2D eigenvalue weighted by Crippen LogP contribution is 2.18. The number of carbonyl (C=O) groups is 1. The average Bonchev–Trinajstić information content (AvgIpc) is 3.06. The maximum absolute atomic E-state index is 11.6. The number of hydrogen-bond donors (Lipinski definition) is 3. The van der Waals surface area contributed by atoms with Crippen molar-refractivity contribution in [2.24, 2.45) is 0 Å². The van der Waals surface area contributed by atoms with Crippen molar-refractivity contribution >= 4 is 16.8 Å². The lowest BCUT2D eigenvalue weighted by molar-refractivity contribution is -0.125. The molecule has 1 aliphatic rings. The number of benzene rings is 1. The van der Waals surface area contributed by atoms with Crippen LogP contribution in [-0.2, 0) is 16.1 Å². The number of aromatic amines is 1. The van der Waals surface area contributed by atoms with Crippen LogP contribution in [0, 0.1) is 0 Å². The molecule has 2 heterocycles. The minimum Gasteiger partial charge on any atom is -0.390 e. The predicted molar refractivity (Wildman–Crippen MR) is 83.4 cm³/mol. The van der Waals surface area contributed by atoms with E-state index in [1.807, 2.05) is 12.3 Å². The zero-order valence-corrected chi connectivity index (χ0v) is 12.6. The Kier molecular flexibility index (Phi) is 4.42. The number of fused-ring (bicyclic) bond motifs is 1. The summed E-state index contributed by atoms with van der Waals surface area (Å²) < 4.78 is 4.79. The van der Waals surface area contributed by atoms with Crippen LogP contribution in [0.5, 0.6) is 0 Å². The summed E-state index contributed by atoms with van der Waals surface area (Å²) in [6, 6.07) is 8.11. The van der Waals surface area contributed by atoms with E-state index in [9.17, 15) is 9.90 Å². The van der Waals surface area contributed by atoms with Gasteiger partial charge in [-0.1, -0.05) is 12.1 Å². The van der Waals surface area contributed by atoms with Gasteiger partial charge in [0.15, 0.2) is 0 Å². The largest absolute Gasteiger partial charge is 0.390 e. The van der Waals surface area contributed by atoms with Crippen LogP contribution in [0.4, 0.5) is 0 Å². The average molecular weight is 303 g/mol. The number of amides is 1. The Morgan fingerprint density at radius 1 is 1.45 bits per heavy atom. The van der Waals surface area contributed by atoms with Crippen LogP contribution in [-0.4, -0.2) is 59.8 Å². The van der Waals surface area contributed by atoms with Gasteiger partial charge in [0.2, 0.25) is 5.91 Å². The van der Waals surface area contributed by atoms with E-state index in [1.54, 1.807) is 0 Å². The molecule has 0 unspecified atom stereocenters. The molecule has 1 amide bonds. The number of likely N-dealkylation sites (tertiary alicyclic amines) is 1. The first-order valence-electron chi connectivity index (χ1n) is 7.40. The molecule has 6 nitrogen and oxygen atoms in total. The number of nitrogens with zero attached hydrogens (tertiary/aromatic N) is 1. The highest BCUT2D eigenvalue weighted by Gasteiger charge is 2.32. The van der Waals surface area contributed by atoms with Gasteiger partial charge in [0.05, 0.1) is 12.1 Å². The van der Waals surface area contributed by atoms with Gasteiger partial charge in [0, 0.05) is 38.5 Å². The molecule has 2 atom stereocenters. The summed E-state index contributed by atoms with van der Waals surface area (Å²) in [6.07, 6.45) is 1.38. The summed E-state index contributed by atoms with van der Waals surface area (Å²) >= 11 is 0. The second-order valence-electron chi connectivity index (χ2n) is 5.77. The van der Waals surface area contributed by atoms with Crippen molar-refractivity contribution in [2.75, 3.05) is 26.8 Å². The highest BCUT2D eigenvalue weighted by atomic mass is 16.5. The standard InChI is InChI=1S/C16H21N3O3/c1-22-10-16(21)18-14-8-19(9-15(14)20)7-11-2-3-12-4-5-17-13(12)6-11/h2-6,14-15,17,20H,7-10H2,1H3,(H,18,21)/t14-,15-/m1/s1. The maximum Gasteiger partial charge on any atom is 0.246 e. The topological polar surface area (TPSA) is 77.6 Å². The van der Waals surface area contributed by atoms with Crippen LogP contribution in [0.1, 0.15) is 5.56 Å². The van der Waals surface area contributed by atoms with Gasteiger partial charge >= 0.3 is 0 Å². The lowest BCUT2D eigenvalue weighted by Gasteiger charge is -2.16. The van der Waals surface area contributed by atoms with Crippen molar-refractivity contribution in [3.63, 3.8) is 0 Å². The fourth-order valence-corrected chi connectivity index (χ4v) is 2.97. The van der Waals surface area contributed by atoms with E-state index in [4.69, 9.17) is 4.74 Å². The first-order chi connectivity index (χ1) is 10.7. The molecule has 2 aromatic rings. The van der Waals surface area contributed by atoms with E-state index in [2.05, 4.69) is 33.4 Å². The molecule has 1 fully saturated rings. The second-order valence-corrected chi connectivity index (χ2v) is 5.77. The number of hydrogen-bond acceptors (Lipinski definition) is 4. The lowest BCUT2D eigenvalue weighted by atomic mass is 10.1. The first-order valence-corrected chi connectivity index (χ1v) is 7.40. The number of aliphatic hydroxyl groups is 1. The summed E-state index contributed by atoms with van der Waals surface area (Å²) in [6.45, 7) is 1.97. The van der Waals surface area contributed by atoms with Gasteiger partial charge < -0.3 is 20.1 Å². The molecule has 1 aromatic carbocycles. The molecule has 118 valence electrons. The van der Waals surface area contributed by atoms with Gasteiger partial charge in [-0.15, -0.1) is 0 Å². The number of nitrogens with one attached hydrogen (secondary N) is 2. The van der Waals surface area contributed by atoms with Gasteiger partial charge in [-0.2, -0.15) is 0 Å². The van der Waals surface area contributed by atoms with Crippen LogP contribution in [0.15, 0.2) is 30.5 Å². The van der Waals surface area contributed by atoms with Crippen LogP contribution >= 0.6 is 0 Å². The monoisotopic (exact) mass is 303 g/mol. The molecule has 3 rings (SSSR count). The van der Waals surface area contributed by atoms with E-state index in [1.165, 1.54) is 18.1 Å². The summed E-state index contributed by atoms with van der Waals surface area (Å²) in [7, 11) is 1.48. The number of H-pyrrole nitrogens is 1. The number of methoxy groups -OCH3 is 1. The molecule has 0 bridgehead atoms. The van der Waals surface area contributed by atoms with Gasteiger partial charge in [-0.3, -0.25) is 9.69 Å². The van der Waals surface area contributed by atoms with Crippen LogP contribution < -0.4 is 5.32 Å². The third-order valence-electron chi connectivity index (χ3n) is 4.01. The molecular formula is C16H21N3O3. The fraction of sp³-hybridized carbons (Fsp3) is 0.438. The van der Waals surface area contributed by atoms with Gasteiger partial charge in [-0.05, 0) is 23.1 Å². The quantitative estimate of drug-likeness (QED) is 0.750. The molecule has 6 heteroatoms. The van der Waals surface area contributed by atoms with Gasteiger partial charge in [0.1, 0.15) is 6.61 Å². The van der Waals surface area contributed by atoms with Crippen molar-refractivity contribution in [3.05, 3.63) is 36.0 Å². The highest BCUT2D eigenvalue weighted by molar-refractivity contribution is 5.79. The third kappa shape index (κ3) is 3.30. The minimum atomic E-state index is -0.546. The van der Waals surface area contributed by atoms with Gasteiger partial charge in [-0.25, -0.2) is 0 Å². The molecule has 3 N–H and O–H groups in total. The van der Waals surface area contributed by atoms with E-state index in [-0.39, 0.29) is 18.6 Å². The van der Waals surface area contributed by atoms with Crippen molar-refractivity contribution in [1.29, 1.82) is 0 Å².